The molecule has 0 aliphatic heterocycles. The van der Waals surface area contributed by atoms with E-state index < -0.39 is 10.0 Å². The van der Waals surface area contributed by atoms with Crippen LogP contribution in [0.2, 0.25) is 0 Å². The van der Waals surface area contributed by atoms with Crippen molar-refractivity contribution in [2.24, 2.45) is 4.40 Å². The van der Waals surface area contributed by atoms with Gasteiger partial charge in [0.15, 0.2) is 0 Å². The molecule has 0 heterocycles. The normalized spacial score (nSPS) is 14.3. The van der Waals surface area contributed by atoms with Gasteiger partial charge in [-0.1, -0.05) is 30.8 Å². The Morgan fingerprint density at radius 2 is 2.07 bits per heavy atom. The van der Waals surface area contributed by atoms with Crippen molar-refractivity contribution in [2.45, 2.75) is 0 Å². The van der Waals surface area contributed by atoms with E-state index in [1.165, 1.54) is 6.21 Å². The predicted molar refractivity (Wildman–Crippen MR) is 66.9 cm³/mol. The molecule has 0 aliphatic carbocycles. The number of benzene rings is 1. The molecule has 0 saturated heterocycles. The van der Waals surface area contributed by atoms with E-state index in [4.69, 9.17) is 0 Å². The van der Waals surface area contributed by atoms with Crippen molar-refractivity contribution in [3.05, 3.63) is 34.7 Å². The van der Waals surface area contributed by atoms with Gasteiger partial charge < -0.3 is 0 Å². The van der Waals surface area contributed by atoms with Crippen LogP contribution in [0.3, 0.4) is 0 Å². The van der Waals surface area contributed by atoms with Gasteiger partial charge in [0.05, 0.1) is 12.5 Å². The van der Waals surface area contributed by atoms with Gasteiger partial charge in [-0.15, -0.1) is 0 Å². The average molecular weight is 288 g/mol. The highest BCUT2D eigenvalue weighted by Crippen LogP contribution is 1.99. The van der Waals surface area contributed by atoms with Crippen molar-refractivity contribution in [3.8, 4) is 0 Å². The fourth-order valence-electron chi connectivity index (χ4n) is 0.965. The van der Waals surface area contributed by atoms with E-state index in [9.17, 15) is 8.42 Å². The van der Waals surface area contributed by atoms with E-state index in [-0.39, 0.29) is 0 Å². The summed E-state index contributed by atoms with van der Waals surface area (Å²) in [6.45, 7) is 3.82. The summed E-state index contributed by atoms with van der Waals surface area (Å²) in [4.78, 5) is 0. The maximum absolute atomic E-state index is 10.8. The van der Waals surface area contributed by atoms with Gasteiger partial charge >= 0.3 is 0 Å². The van der Waals surface area contributed by atoms with Crippen molar-refractivity contribution in [1.82, 2.24) is 0 Å². The Kier molecular flexibility index (Phi) is 3.82. The molecular weight excluding hydrogens is 278 g/mol. The molecule has 0 bridgehead atoms. The smallest absolute Gasteiger partial charge is 0.205 e. The molecule has 5 heteroatoms. The Morgan fingerprint density at radius 1 is 1.47 bits per heavy atom. The lowest BCUT2D eigenvalue weighted by molar-refractivity contribution is 0.604. The van der Waals surface area contributed by atoms with E-state index in [0.717, 1.165) is 16.7 Å². The van der Waals surface area contributed by atoms with E-state index in [2.05, 4.69) is 26.9 Å². The second kappa shape index (κ2) is 4.72. The minimum Gasteiger partial charge on any atom is -0.205 e. The van der Waals surface area contributed by atoms with E-state index >= 15 is 0 Å². The molecular formula is C10H10BrNO2S. The van der Waals surface area contributed by atoms with Gasteiger partial charge in [-0.2, -0.15) is 4.40 Å². The summed E-state index contributed by atoms with van der Waals surface area (Å²) in [6, 6.07) is 7.38. The third kappa shape index (κ3) is 3.97. The molecule has 0 amide bonds. The first kappa shape index (κ1) is 12.1. The van der Waals surface area contributed by atoms with Crippen LogP contribution in [0.1, 0.15) is 0 Å². The Labute approximate surface area is 97.0 Å². The summed E-state index contributed by atoms with van der Waals surface area (Å²) in [6.07, 6.45) is 2.30. The summed E-state index contributed by atoms with van der Waals surface area (Å²) < 4.78 is 25.6. The first-order valence-corrected chi connectivity index (χ1v) is 6.73. The standard InChI is InChI=1S/C10H10BrNO2S/c1-8-5-3-4-6-9(8)10(11)7-12-15(2,13)14/h3-7H,1H2,2H3/b10-9+,12-7-. The lowest BCUT2D eigenvalue weighted by Crippen LogP contribution is -2.23. The van der Waals surface area contributed by atoms with Gasteiger partial charge in [0.25, 0.3) is 0 Å². The molecule has 80 valence electrons. The topological polar surface area (TPSA) is 46.5 Å². The second-order valence-corrected chi connectivity index (χ2v) is 5.50. The molecule has 0 atom stereocenters. The lowest BCUT2D eigenvalue weighted by atomic mass is 10.2. The first-order valence-electron chi connectivity index (χ1n) is 4.09. The van der Waals surface area contributed by atoms with Crippen LogP contribution in [0.15, 0.2) is 28.7 Å². The molecule has 0 saturated carbocycles. The monoisotopic (exact) mass is 287 g/mol. The number of nitrogens with zero attached hydrogens (tertiary/aromatic N) is 1. The quantitative estimate of drug-likeness (QED) is 0.749. The van der Waals surface area contributed by atoms with Crippen LogP contribution in [0.25, 0.3) is 11.1 Å². The number of hydrogen-bond acceptors (Lipinski definition) is 2. The molecule has 0 spiro atoms. The van der Waals surface area contributed by atoms with Crippen molar-refractivity contribution in [2.75, 3.05) is 6.26 Å². The largest absolute Gasteiger partial charge is 0.250 e. The molecule has 1 rings (SSSR count). The number of rotatable bonds is 2. The highest BCUT2D eigenvalue weighted by molar-refractivity contribution is 9.15. The van der Waals surface area contributed by atoms with E-state index in [0.29, 0.717) is 4.48 Å². The van der Waals surface area contributed by atoms with Crippen LogP contribution in [-0.4, -0.2) is 20.9 Å². The summed E-state index contributed by atoms with van der Waals surface area (Å²) in [5, 5.41) is 1.63. The summed E-state index contributed by atoms with van der Waals surface area (Å²) in [7, 11) is -3.34. The molecule has 1 aromatic rings. The molecule has 0 radical (unpaired) electrons. The van der Waals surface area contributed by atoms with Gasteiger partial charge in [-0.3, -0.25) is 0 Å². The van der Waals surface area contributed by atoms with Gasteiger partial charge in [0, 0.05) is 4.48 Å². The van der Waals surface area contributed by atoms with Gasteiger partial charge in [0.1, 0.15) is 0 Å². The Balaban J connectivity index is 3.31. The van der Waals surface area contributed by atoms with Crippen LogP contribution in [0.5, 0.6) is 0 Å². The van der Waals surface area contributed by atoms with Crippen molar-refractivity contribution in [1.29, 1.82) is 0 Å². The molecule has 1 aromatic carbocycles. The average Bonchev–Trinajstić information content (AvgIpc) is 2.14. The summed E-state index contributed by atoms with van der Waals surface area (Å²) >= 11 is 3.25. The third-order valence-corrected chi connectivity index (χ3v) is 2.75. The van der Waals surface area contributed by atoms with Crippen LogP contribution >= 0.6 is 15.9 Å². The number of hydrogen-bond donors (Lipinski definition) is 0. The fourth-order valence-corrected chi connectivity index (χ4v) is 1.89. The maximum atomic E-state index is 10.8. The lowest BCUT2D eigenvalue weighted by Gasteiger charge is -1.91. The highest BCUT2D eigenvalue weighted by atomic mass is 79.9. The molecule has 0 fully saturated rings. The summed E-state index contributed by atoms with van der Waals surface area (Å²) in [5.41, 5.74) is 0. The van der Waals surface area contributed by atoms with Crippen molar-refractivity contribution >= 4 is 43.2 Å². The van der Waals surface area contributed by atoms with Gasteiger partial charge in [-0.25, -0.2) is 8.42 Å². The van der Waals surface area contributed by atoms with Crippen molar-refractivity contribution < 1.29 is 8.42 Å². The zero-order valence-corrected chi connectivity index (χ0v) is 10.5. The van der Waals surface area contributed by atoms with E-state index in [1.807, 2.05) is 24.3 Å². The first-order chi connectivity index (χ1) is 6.90. The fraction of sp³-hybridized carbons (Fsp3) is 0.100. The van der Waals surface area contributed by atoms with Crippen LogP contribution in [0, 0.1) is 0 Å². The molecule has 3 nitrogen and oxygen atoms in total. The Bertz CT molecular complexity index is 590. The molecule has 0 N–H and O–H groups in total. The van der Waals surface area contributed by atoms with Crippen LogP contribution in [-0.2, 0) is 10.0 Å². The Morgan fingerprint density at radius 3 is 2.60 bits per heavy atom. The second-order valence-electron chi connectivity index (χ2n) is 2.97. The predicted octanol–water partition coefficient (Wildman–Crippen LogP) is 0.630. The van der Waals surface area contributed by atoms with Crippen LogP contribution < -0.4 is 10.4 Å². The number of halogens is 1. The molecule has 0 aromatic heterocycles. The zero-order chi connectivity index (χ0) is 11.5. The minimum absolute atomic E-state index is 0.596. The Hall–Kier alpha value is -0.940. The third-order valence-electron chi connectivity index (χ3n) is 1.63. The van der Waals surface area contributed by atoms with E-state index in [1.54, 1.807) is 0 Å². The molecule has 0 aliphatic rings. The zero-order valence-electron chi connectivity index (χ0n) is 8.14. The van der Waals surface area contributed by atoms with Crippen LogP contribution in [0.4, 0.5) is 0 Å². The van der Waals surface area contributed by atoms with Gasteiger partial charge in [-0.05, 0) is 26.4 Å². The molecule has 15 heavy (non-hydrogen) atoms. The highest BCUT2D eigenvalue weighted by Gasteiger charge is 1.95. The van der Waals surface area contributed by atoms with Crippen molar-refractivity contribution in [3.63, 3.8) is 0 Å². The minimum atomic E-state index is -3.34. The van der Waals surface area contributed by atoms with Gasteiger partial charge in [0.2, 0.25) is 10.0 Å². The SMILES string of the molecule is C=c1cccc/c1=C(Br)/C=N\S(C)(=O)=O. The summed E-state index contributed by atoms with van der Waals surface area (Å²) in [5.74, 6) is 0. The molecule has 0 unspecified atom stereocenters. The number of sulfonamides is 1. The maximum Gasteiger partial charge on any atom is 0.250 e.